The highest BCUT2D eigenvalue weighted by molar-refractivity contribution is 5.21. The van der Waals surface area contributed by atoms with Crippen LogP contribution in [0.4, 0.5) is 0 Å². The largest absolute Gasteiger partial charge is 0.472 e. The molecule has 0 radical (unpaired) electrons. The average Bonchev–Trinajstić information content (AvgIpc) is 2.74. The summed E-state index contributed by atoms with van der Waals surface area (Å²) in [6.45, 7) is 3.85. The molecule has 78 valence electrons. The zero-order valence-corrected chi connectivity index (χ0v) is 8.86. The van der Waals surface area contributed by atoms with E-state index in [0.29, 0.717) is 0 Å². The summed E-state index contributed by atoms with van der Waals surface area (Å²) in [6.07, 6.45) is 3.46. The fourth-order valence-corrected chi connectivity index (χ4v) is 1.45. The molecule has 0 atom stereocenters. The first-order valence-corrected chi connectivity index (χ1v) is 5.12. The van der Waals surface area contributed by atoms with Crippen LogP contribution in [0.15, 0.2) is 47.3 Å². The third kappa shape index (κ3) is 2.96. The van der Waals surface area contributed by atoms with E-state index in [0.717, 1.165) is 13.1 Å². The third-order valence-electron chi connectivity index (χ3n) is 2.36. The Kier molecular flexibility index (Phi) is 3.20. The normalized spacial score (nSPS) is 10.5. The Hall–Kier alpha value is -1.54. The zero-order chi connectivity index (χ0) is 10.5. The van der Waals surface area contributed by atoms with Crippen molar-refractivity contribution in [1.29, 1.82) is 0 Å². The van der Waals surface area contributed by atoms with Gasteiger partial charge in [-0.3, -0.25) is 0 Å². The van der Waals surface area contributed by atoms with Gasteiger partial charge in [-0.15, -0.1) is 0 Å². The van der Waals surface area contributed by atoms with Crippen molar-refractivity contribution in [1.82, 2.24) is 5.32 Å². The molecule has 0 bridgehead atoms. The zero-order valence-electron chi connectivity index (χ0n) is 8.86. The van der Waals surface area contributed by atoms with Gasteiger partial charge in [-0.25, -0.2) is 0 Å². The molecule has 1 aromatic heterocycles. The van der Waals surface area contributed by atoms with Crippen LogP contribution >= 0.6 is 0 Å². The predicted octanol–water partition coefficient (Wildman–Crippen LogP) is 2.88. The van der Waals surface area contributed by atoms with Gasteiger partial charge in [-0.2, -0.15) is 0 Å². The maximum absolute atomic E-state index is 4.99. The second-order valence-corrected chi connectivity index (χ2v) is 3.72. The van der Waals surface area contributed by atoms with Gasteiger partial charge in [0, 0.05) is 18.7 Å². The molecule has 0 fully saturated rings. The van der Waals surface area contributed by atoms with E-state index in [2.05, 4.69) is 36.5 Å². The highest BCUT2D eigenvalue weighted by Gasteiger charge is 1.94. The lowest BCUT2D eigenvalue weighted by Gasteiger charge is -2.03. The second-order valence-electron chi connectivity index (χ2n) is 3.72. The molecule has 1 aromatic carbocycles. The number of benzene rings is 1. The van der Waals surface area contributed by atoms with E-state index < -0.39 is 0 Å². The summed E-state index contributed by atoms with van der Waals surface area (Å²) in [5.41, 5.74) is 3.79. The van der Waals surface area contributed by atoms with Crippen LogP contribution in [-0.2, 0) is 13.1 Å². The highest BCUT2D eigenvalue weighted by Crippen LogP contribution is 2.04. The Morgan fingerprint density at radius 2 is 1.73 bits per heavy atom. The van der Waals surface area contributed by atoms with Crippen molar-refractivity contribution in [2.45, 2.75) is 20.0 Å². The topological polar surface area (TPSA) is 25.2 Å². The van der Waals surface area contributed by atoms with Crippen molar-refractivity contribution in [2.75, 3.05) is 0 Å². The van der Waals surface area contributed by atoms with Crippen molar-refractivity contribution in [3.05, 3.63) is 59.5 Å². The van der Waals surface area contributed by atoms with Crippen LogP contribution in [0.5, 0.6) is 0 Å². The molecular weight excluding hydrogens is 186 g/mol. The van der Waals surface area contributed by atoms with Crippen LogP contribution in [0.1, 0.15) is 16.7 Å². The number of nitrogens with one attached hydrogen (secondary N) is 1. The van der Waals surface area contributed by atoms with Crippen LogP contribution in [0.3, 0.4) is 0 Å². The lowest BCUT2D eigenvalue weighted by Crippen LogP contribution is -2.11. The minimum atomic E-state index is 0.852. The van der Waals surface area contributed by atoms with E-state index in [4.69, 9.17) is 4.42 Å². The second kappa shape index (κ2) is 4.80. The quantitative estimate of drug-likeness (QED) is 0.822. The van der Waals surface area contributed by atoms with Crippen molar-refractivity contribution in [3.8, 4) is 0 Å². The Labute approximate surface area is 89.9 Å². The molecule has 0 saturated carbocycles. The minimum Gasteiger partial charge on any atom is -0.472 e. The van der Waals surface area contributed by atoms with Crippen LogP contribution in [0.25, 0.3) is 0 Å². The van der Waals surface area contributed by atoms with Gasteiger partial charge in [-0.05, 0) is 18.6 Å². The Bertz CT molecular complexity index is 389. The van der Waals surface area contributed by atoms with Crippen molar-refractivity contribution < 1.29 is 4.42 Å². The van der Waals surface area contributed by atoms with Gasteiger partial charge in [0.25, 0.3) is 0 Å². The van der Waals surface area contributed by atoms with Crippen molar-refractivity contribution in [3.63, 3.8) is 0 Å². The van der Waals surface area contributed by atoms with Gasteiger partial charge >= 0.3 is 0 Å². The van der Waals surface area contributed by atoms with Crippen molar-refractivity contribution >= 4 is 0 Å². The molecule has 15 heavy (non-hydrogen) atoms. The molecule has 0 aliphatic carbocycles. The molecular formula is C13H15NO. The number of rotatable bonds is 4. The molecule has 0 saturated heterocycles. The van der Waals surface area contributed by atoms with Crippen molar-refractivity contribution in [2.24, 2.45) is 0 Å². The van der Waals surface area contributed by atoms with Gasteiger partial charge in [0.2, 0.25) is 0 Å². The third-order valence-corrected chi connectivity index (χ3v) is 2.36. The van der Waals surface area contributed by atoms with Crippen LogP contribution in [-0.4, -0.2) is 0 Å². The molecule has 0 amide bonds. The summed E-state index contributed by atoms with van der Waals surface area (Å²) in [4.78, 5) is 0. The maximum Gasteiger partial charge on any atom is 0.0947 e. The SMILES string of the molecule is Cc1ccc(CNCc2ccoc2)cc1. The van der Waals surface area contributed by atoms with Crippen LogP contribution in [0, 0.1) is 6.92 Å². The van der Waals surface area contributed by atoms with E-state index in [-0.39, 0.29) is 0 Å². The molecule has 0 spiro atoms. The number of hydrogen-bond acceptors (Lipinski definition) is 2. The van der Waals surface area contributed by atoms with Gasteiger partial charge in [0.05, 0.1) is 12.5 Å². The molecule has 0 aliphatic rings. The average molecular weight is 201 g/mol. The first kappa shape index (κ1) is 9.99. The van der Waals surface area contributed by atoms with E-state index in [1.807, 2.05) is 6.07 Å². The Balaban J connectivity index is 1.81. The Morgan fingerprint density at radius 1 is 1.00 bits per heavy atom. The molecule has 2 aromatic rings. The summed E-state index contributed by atoms with van der Waals surface area (Å²) in [5, 5.41) is 3.36. The molecule has 0 unspecified atom stereocenters. The lowest BCUT2D eigenvalue weighted by molar-refractivity contribution is 0.560. The van der Waals surface area contributed by atoms with Gasteiger partial charge in [0.1, 0.15) is 0 Å². The van der Waals surface area contributed by atoms with E-state index in [1.165, 1.54) is 16.7 Å². The lowest BCUT2D eigenvalue weighted by atomic mass is 10.1. The summed E-state index contributed by atoms with van der Waals surface area (Å²) in [6, 6.07) is 10.5. The van der Waals surface area contributed by atoms with Crippen LogP contribution < -0.4 is 5.32 Å². The Morgan fingerprint density at radius 3 is 2.40 bits per heavy atom. The first-order chi connectivity index (χ1) is 7.34. The molecule has 1 heterocycles. The van der Waals surface area contributed by atoms with Gasteiger partial charge in [0.15, 0.2) is 0 Å². The number of hydrogen-bond donors (Lipinski definition) is 1. The first-order valence-electron chi connectivity index (χ1n) is 5.12. The monoisotopic (exact) mass is 201 g/mol. The van der Waals surface area contributed by atoms with Crippen LogP contribution in [0.2, 0.25) is 0 Å². The predicted molar refractivity (Wildman–Crippen MR) is 60.4 cm³/mol. The van der Waals surface area contributed by atoms with E-state index >= 15 is 0 Å². The molecule has 2 nitrogen and oxygen atoms in total. The van der Waals surface area contributed by atoms with E-state index in [1.54, 1.807) is 12.5 Å². The fourth-order valence-electron chi connectivity index (χ4n) is 1.45. The summed E-state index contributed by atoms with van der Waals surface area (Å²) >= 11 is 0. The summed E-state index contributed by atoms with van der Waals surface area (Å²) in [7, 11) is 0. The van der Waals surface area contributed by atoms with Gasteiger partial charge in [-0.1, -0.05) is 29.8 Å². The summed E-state index contributed by atoms with van der Waals surface area (Å²) < 4.78 is 4.99. The molecule has 0 aliphatic heterocycles. The molecule has 1 N–H and O–H groups in total. The number of furan rings is 1. The number of aryl methyl sites for hydroxylation is 1. The van der Waals surface area contributed by atoms with E-state index in [9.17, 15) is 0 Å². The maximum atomic E-state index is 4.99. The van der Waals surface area contributed by atoms with Gasteiger partial charge < -0.3 is 9.73 Å². The highest BCUT2D eigenvalue weighted by atomic mass is 16.3. The smallest absolute Gasteiger partial charge is 0.0947 e. The molecule has 2 rings (SSSR count). The minimum absolute atomic E-state index is 0.852. The standard InChI is InChI=1S/C13H15NO/c1-11-2-4-12(5-3-11)8-14-9-13-6-7-15-10-13/h2-7,10,14H,8-9H2,1H3. The fraction of sp³-hybridized carbons (Fsp3) is 0.231. The summed E-state index contributed by atoms with van der Waals surface area (Å²) in [5.74, 6) is 0. The molecule has 2 heteroatoms.